The summed E-state index contributed by atoms with van der Waals surface area (Å²) in [5.41, 5.74) is 8.60. The third-order valence-electron chi connectivity index (χ3n) is 3.16. The molecule has 0 aliphatic rings. The highest BCUT2D eigenvalue weighted by molar-refractivity contribution is 6.43. The van der Waals surface area contributed by atoms with Crippen molar-refractivity contribution in [1.82, 2.24) is 15.5 Å². The maximum Gasteiger partial charge on any atom is 0.251 e. The van der Waals surface area contributed by atoms with E-state index >= 15 is 0 Å². The van der Waals surface area contributed by atoms with Crippen LogP contribution < -0.4 is 11.1 Å². The molecular weight excluding hydrogens is 311 g/mol. The van der Waals surface area contributed by atoms with Gasteiger partial charge in [0.2, 0.25) is 0 Å². The van der Waals surface area contributed by atoms with Gasteiger partial charge in [-0.15, -0.1) is 0 Å². The molecule has 0 saturated carbocycles. The second-order valence-corrected chi connectivity index (χ2v) is 5.53. The van der Waals surface area contributed by atoms with Crippen LogP contribution in [0.2, 0.25) is 10.0 Å². The number of carbonyl (C=O) groups excluding carboxylic acids is 1. The van der Waals surface area contributed by atoms with E-state index in [0.717, 1.165) is 24.1 Å². The maximum absolute atomic E-state index is 12.0. The number of carbonyl (C=O) groups is 1. The van der Waals surface area contributed by atoms with Crippen LogP contribution in [0.25, 0.3) is 0 Å². The van der Waals surface area contributed by atoms with Crippen molar-refractivity contribution in [3.05, 3.63) is 45.2 Å². The van der Waals surface area contributed by atoms with Gasteiger partial charge in [-0.2, -0.15) is 5.10 Å². The van der Waals surface area contributed by atoms with Gasteiger partial charge in [0.05, 0.1) is 21.9 Å². The predicted molar refractivity (Wildman–Crippen MR) is 84.9 cm³/mol. The summed E-state index contributed by atoms with van der Waals surface area (Å²) in [6, 6.07) is 3.03. The molecule has 5 nitrogen and oxygen atoms in total. The molecule has 0 atom stereocenters. The van der Waals surface area contributed by atoms with Crippen LogP contribution in [0.4, 0.5) is 5.69 Å². The fraction of sp³-hybridized carbons (Fsp3) is 0.286. The molecule has 2 aromatic rings. The van der Waals surface area contributed by atoms with E-state index in [0.29, 0.717) is 17.8 Å². The van der Waals surface area contributed by atoms with Crippen molar-refractivity contribution >= 4 is 34.8 Å². The average molecular weight is 327 g/mol. The molecule has 0 aliphatic heterocycles. The molecule has 1 aromatic carbocycles. The lowest BCUT2D eigenvalue weighted by atomic mass is 10.1. The molecule has 2 rings (SSSR count). The Hall–Kier alpha value is -1.72. The summed E-state index contributed by atoms with van der Waals surface area (Å²) in [6.07, 6.45) is 3.48. The van der Waals surface area contributed by atoms with Crippen LogP contribution in [-0.4, -0.2) is 22.6 Å². The number of aryl methyl sites for hydroxylation is 2. The molecule has 0 bridgehead atoms. The SMILES string of the molecule is Cc1[nH]ncc1CCCNC(=O)c1cc(N)c(Cl)c(Cl)c1. The van der Waals surface area contributed by atoms with Crippen molar-refractivity contribution in [2.75, 3.05) is 12.3 Å². The van der Waals surface area contributed by atoms with E-state index in [1.807, 2.05) is 6.92 Å². The average Bonchev–Trinajstić information content (AvgIpc) is 2.85. The number of hydrogen-bond donors (Lipinski definition) is 3. The molecule has 21 heavy (non-hydrogen) atoms. The number of halogens is 2. The monoisotopic (exact) mass is 326 g/mol. The standard InChI is InChI=1S/C14H16Cl2N4O/c1-8-9(7-19-20-8)3-2-4-18-14(21)10-5-11(15)13(16)12(17)6-10/h5-7H,2-4,17H2,1H3,(H,18,21)(H,19,20). The highest BCUT2D eigenvalue weighted by Crippen LogP contribution is 2.29. The molecule has 0 radical (unpaired) electrons. The van der Waals surface area contributed by atoms with Gasteiger partial charge in [0, 0.05) is 17.8 Å². The van der Waals surface area contributed by atoms with Crippen molar-refractivity contribution < 1.29 is 4.79 Å². The van der Waals surface area contributed by atoms with Crippen molar-refractivity contribution in [1.29, 1.82) is 0 Å². The fourth-order valence-electron chi connectivity index (χ4n) is 1.95. The number of nitrogens with zero attached hydrogens (tertiary/aromatic N) is 1. The van der Waals surface area contributed by atoms with E-state index in [1.54, 1.807) is 6.20 Å². The van der Waals surface area contributed by atoms with Gasteiger partial charge >= 0.3 is 0 Å². The molecule has 7 heteroatoms. The van der Waals surface area contributed by atoms with Gasteiger partial charge in [0.25, 0.3) is 5.91 Å². The van der Waals surface area contributed by atoms with Crippen LogP contribution in [0.5, 0.6) is 0 Å². The number of amides is 1. The van der Waals surface area contributed by atoms with E-state index in [9.17, 15) is 4.79 Å². The summed E-state index contributed by atoms with van der Waals surface area (Å²) in [5.74, 6) is -0.218. The van der Waals surface area contributed by atoms with Gasteiger partial charge in [-0.3, -0.25) is 9.89 Å². The Labute approximate surface area is 132 Å². The fourth-order valence-corrected chi connectivity index (χ4v) is 2.29. The van der Waals surface area contributed by atoms with Gasteiger partial charge in [-0.1, -0.05) is 23.2 Å². The molecule has 0 fully saturated rings. The van der Waals surface area contributed by atoms with E-state index in [2.05, 4.69) is 15.5 Å². The Bertz CT molecular complexity index is 631. The third kappa shape index (κ3) is 3.89. The second-order valence-electron chi connectivity index (χ2n) is 4.74. The lowest BCUT2D eigenvalue weighted by Crippen LogP contribution is -2.25. The Morgan fingerprint density at radius 3 is 2.81 bits per heavy atom. The summed E-state index contributed by atoms with van der Waals surface area (Å²) in [5, 5.41) is 10.2. The van der Waals surface area contributed by atoms with Crippen LogP contribution in [0.3, 0.4) is 0 Å². The summed E-state index contributed by atoms with van der Waals surface area (Å²) >= 11 is 11.8. The van der Waals surface area contributed by atoms with E-state index in [4.69, 9.17) is 28.9 Å². The van der Waals surface area contributed by atoms with Crippen molar-refractivity contribution in [3.63, 3.8) is 0 Å². The molecule has 0 aliphatic carbocycles. The van der Waals surface area contributed by atoms with Gasteiger partial charge in [-0.25, -0.2) is 0 Å². The number of nitrogens with two attached hydrogens (primary N) is 1. The second kappa shape index (κ2) is 6.83. The molecule has 0 spiro atoms. The summed E-state index contributed by atoms with van der Waals surface area (Å²) in [6.45, 7) is 2.53. The lowest BCUT2D eigenvalue weighted by Gasteiger charge is -2.08. The minimum absolute atomic E-state index is 0.218. The van der Waals surface area contributed by atoms with Crippen LogP contribution in [0.15, 0.2) is 18.3 Å². The van der Waals surface area contributed by atoms with Gasteiger partial charge < -0.3 is 11.1 Å². The number of aromatic nitrogens is 2. The molecular formula is C14H16Cl2N4O. The quantitative estimate of drug-likeness (QED) is 0.583. The Kier molecular flexibility index (Phi) is 5.09. The number of nitrogen functional groups attached to an aromatic ring is 1. The minimum Gasteiger partial charge on any atom is -0.397 e. The summed E-state index contributed by atoms with van der Waals surface area (Å²) in [7, 11) is 0. The normalized spacial score (nSPS) is 10.6. The number of anilines is 1. The Morgan fingerprint density at radius 1 is 1.43 bits per heavy atom. The summed E-state index contributed by atoms with van der Waals surface area (Å²) in [4.78, 5) is 12.0. The lowest BCUT2D eigenvalue weighted by molar-refractivity contribution is 0.0953. The highest BCUT2D eigenvalue weighted by atomic mass is 35.5. The van der Waals surface area contributed by atoms with Crippen molar-refractivity contribution in [2.45, 2.75) is 19.8 Å². The number of benzene rings is 1. The van der Waals surface area contributed by atoms with Crippen LogP contribution in [0.1, 0.15) is 28.0 Å². The van der Waals surface area contributed by atoms with Gasteiger partial charge in [-0.05, 0) is 37.5 Å². The molecule has 4 N–H and O–H groups in total. The zero-order chi connectivity index (χ0) is 15.4. The van der Waals surface area contributed by atoms with Crippen LogP contribution in [-0.2, 0) is 6.42 Å². The van der Waals surface area contributed by atoms with Gasteiger partial charge in [0.1, 0.15) is 0 Å². The zero-order valence-corrected chi connectivity index (χ0v) is 13.1. The first kappa shape index (κ1) is 15.7. The number of hydrogen-bond acceptors (Lipinski definition) is 3. The Morgan fingerprint density at radius 2 is 2.19 bits per heavy atom. The van der Waals surface area contributed by atoms with Crippen molar-refractivity contribution in [3.8, 4) is 0 Å². The first-order valence-electron chi connectivity index (χ1n) is 6.50. The molecule has 112 valence electrons. The maximum atomic E-state index is 12.0. The largest absolute Gasteiger partial charge is 0.397 e. The zero-order valence-electron chi connectivity index (χ0n) is 11.5. The van der Waals surface area contributed by atoms with Crippen LogP contribution in [0, 0.1) is 6.92 Å². The van der Waals surface area contributed by atoms with E-state index in [-0.39, 0.29) is 16.0 Å². The molecule has 0 saturated heterocycles. The Balaban J connectivity index is 1.86. The van der Waals surface area contributed by atoms with Gasteiger partial charge in [0.15, 0.2) is 0 Å². The number of H-pyrrole nitrogens is 1. The van der Waals surface area contributed by atoms with Crippen LogP contribution >= 0.6 is 23.2 Å². The number of rotatable bonds is 5. The number of aromatic amines is 1. The minimum atomic E-state index is -0.218. The topological polar surface area (TPSA) is 83.8 Å². The summed E-state index contributed by atoms with van der Waals surface area (Å²) < 4.78 is 0. The molecule has 0 unspecified atom stereocenters. The smallest absolute Gasteiger partial charge is 0.251 e. The predicted octanol–water partition coefficient (Wildman–Crippen LogP) is 2.97. The van der Waals surface area contributed by atoms with E-state index < -0.39 is 0 Å². The molecule has 1 amide bonds. The van der Waals surface area contributed by atoms with E-state index in [1.165, 1.54) is 12.1 Å². The van der Waals surface area contributed by atoms with Crippen molar-refractivity contribution in [2.24, 2.45) is 0 Å². The first-order valence-corrected chi connectivity index (χ1v) is 7.26. The molecule has 1 heterocycles. The molecule has 1 aromatic heterocycles. The third-order valence-corrected chi connectivity index (χ3v) is 3.98. The first-order chi connectivity index (χ1) is 9.99. The highest BCUT2D eigenvalue weighted by Gasteiger charge is 2.11. The number of nitrogens with one attached hydrogen (secondary N) is 2.